The molecular weight excluding hydrogens is 211 g/mol. The number of rotatable bonds is 2. The molecule has 0 aliphatic carbocycles. The number of halogens is 7. The van der Waals surface area contributed by atoms with Crippen LogP contribution in [-0.4, -0.2) is 23.2 Å². The van der Waals surface area contributed by atoms with Crippen LogP contribution in [0.25, 0.3) is 0 Å². The molecule has 1 fully saturated rings. The largest absolute Gasteiger partial charge is 0.430 e. The minimum absolute atomic E-state index is 0.963. The monoisotopic (exact) mass is 213 g/mol. The number of alkyl halides is 5. The van der Waals surface area contributed by atoms with Crippen LogP contribution in [-0.2, 0) is 0 Å². The van der Waals surface area contributed by atoms with Crippen LogP contribution < -0.4 is 10.9 Å². The molecule has 0 aromatic rings. The first-order valence-electron chi connectivity index (χ1n) is 2.76. The third-order valence-electron chi connectivity index (χ3n) is 1.46. The fraction of sp³-hybridized carbons (Fsp3) is 1.00. The SMILES string of the molecule is FN(F)C(F)(F)C1(C(F)(F)F)NN1. The Morgan fingerprint density at radius 2 is 1.31 bits per heavy atom. The van der Waals surface area contributed by atoms with E-state index >= 15 is 0 Å². The van der Waals surface area contributed by atoms with Crippen molar-refractivity contribution >= 4 is 0 Å². The summed E-state index contributed by atoms with van der Waals surface area (Å²) in [7, 11) is 0. The molecule has 0 aromatic carbocycles. The Hall–Kier alpha value is -0.610. The van der Waals surface area contributed by atoms with E-state index in [1.165, 1.54) is 0 Å². The lowest BCUT2D eigenvalue weighted by molar-refractivity contribution is -0.377. The van der Waals surface area contributed by atoms with E-state index in [2.05, 4.69) is 0 Å². The summed E-state index contributed by atoms with van der Waals surface area (Å²) in [5.74, 6) is 0. The van der Waals surface area contributed by atoms with E-state index in [-0.39, 0.29) is 0 Å². The van der Waals surface area contributed by atoms with Crippen LogP contribution >= 0.6 is 0 Å². The van der Waals surface area contributed by atoms with Crippen molar-refractivity contribution in [2.75, 3.05) is 0 Å². The lowest BCUT2D eigenvalue weighted by atomic mass is 10.2. The van der Waals surface area contributed by atoms with Crippen molar-refractivity contribution in [2.24, 2.45) is 0 Å². The van der Waals surface area contributed by atoms with Gasteiger partial charge >= 0.3 is 12.2 Å². The first-order chi connectivity index (χ1) is 5.65. The van der Waals surface area contributed by atoms with Crippen LogP contribution in [0.15, 0.2) is 0 Å². The zero-order chi connectivity index (χ0) is 10.5. The molecule has 3 nitrogen and oxygen atoms in total. The average molecular weight is 213 g/mol. The van der Waals surface area contributed by atoms with Gasteiger partial charge in [0.1, 0.15) is 0 Å². The van der Waals surface area contributed by atoms with Gasteiger partial charge in [-0.05, 0) is 0 Å². The van der Waals surface area contributed by atoms with Gasteiger partial charge in [-0.1, -0.05) is 8.96 Å². The van der Waals surface area contributed by atoms with Gasteiger partial charge in [-0.25, -0.2) is 10.9 Å². The summed E-state index contributed by atoms with van der Waals surface area (Å²) in [6, 6.07) is -5.36. The maximum atomic E-state index is 12.2. The summed E-state index contributed by atoms with van der Waals surface area (Å²) in [6.07, 6.45) is -5.52. The van der Waals surface area contributed by atoms with Gasteiger partial charge in [-0.3, -0.25) is 0 Å². The van der Waals surface area contributed by atoms with Gasteiger partial charge in [0.15, 0.2) is 0 Å². The lowest BCUT2D eigenvalue weighted by Crippen LogP contribution is -2.57. The second-order valence-corrected chi connectivity index (χ2v) is 2.27. The highest BCUT2D eigenvalue weighted by Gasteiger charge is 2.81. The second kappa shape index (κ2) is 2.45. The second-order valence-electron chi connectivity index (χ2n) is 2.27. The van der Waals surface area contributed by atoms with Crippen molar-refractivity contribution in [2.45, 2.75) is 17.9 Å². The molecule has 0 radical (unpaired) electrons. The molecule has 0 unspecified atom stereocenters. The number of hydrogen-bond donors (Lipinski definition) is 2. The Balaban J connectivity index is 2.94. The minimum Gasteiger partial charge on any atom is -0.220 e. The molecule has 1 saturated heterocycles. The first kappa shape index (κ1) is 10.5. The van der Waals surface area contributed by atoms with E-state index in [4.69, 9.17) is 0 Å². The highest BCUT2D eigenvalue weighted by Crippen LogP contribution is 2.46. The van der Waals surface area contributed by atoms with E-state index in [0.29, 0.717) is 0 Å². The summed E-state index contributed by atoms with van der Waals surface area (Å²) in [5, 5.41) is -2.80. The van der Waals surface area contributed by atoms with Gasteiger partial charge in [0, 0.05) is 0 Å². The lowest BCUT2D eigenvalue weighted by Gasteiger charge is -2.24. The fourth-order valence-electron chi connectivity index (χ4n) is 0.652. The van der Waals surface area contributed by atoms with E-state index in [9.17, 15) is 30.9 Å². The fourth-order valence-corrected chi connectivity index (χ4v) is 0.652. The topological polar surface area (TPSA) is 47.1 Å². The van der Waals surface area contributed by atoms with Crippen LogP contribution in [0.4, 0.5) is 30.9 Å². The minimum atomic E-state index is -5.52. The van der Waals surface area contributed by atoms with Crippen molar-refractivity contribution in [1.82, 2.24) is 16.2 Å². The molecule has 1 rings (SSSR count). The number of nitrogens with zero attached hydrogens (tertiary/aromatic N) is 1. The van der Waals surface area contributed by atoms with Gasteiger partial charge in [0.25, 0.3) is 5.66 Å². The number of hydrogen-bond acceptors (Lipinski definition) is 3. The van der Waals surface area contributed by atoms with Crippen molar-refractivity contribution in [3.8, 4) is 0 Å². The molecule has 13 heavy (non-hydrogen) atoms. The van der Waals surface area contributed by atoms with Crippen molar-refractivity contribution < 1.29 is 30.9 Å². The van der Waals surface area contributed by atoms with Crippen molar-refractivity contribution in [3.63, 3.8) is 0 Å². The van der Waals surface area contributed by atoms with E-state index < -0.39 is 23.2 Å². The predicted molar refractivity (Wildman–Crippen MR) is 24.1 cm³/mol. The summed E-state index contributed by atoms with van der Waals surface area (Å²) in [5.41, 5.74) is -2.13. The quantitative estimate of drug-likeness (QED) is 0.311. The van der Waals surface area contributed by atoms with Crippen LogP contribution in [0.3, 0.4) is 0 Å². The van der Waals surface area contributed by atoms with Gasteiger partial charge in [0.2, 0.25) is 0 Å². The van der Waals surface area contributed by atoms with Gasteiger partial charge in [0.05, 0.1) is 5.34 Å². The Morgan fingerprint density at radius 1 is 0.923 bits per heavy atom. The smallest absolute Gasteiger partial charge is 0.220 e. The highest BCUT2D eigenvalue weighted by molar-refractivity contribution is 5.09. The molecule has 10 heteroatoms. The van der Waals surface area contributed by atoms with Crippen LogP contribution in [0.5, 0.6) is 0 Å². The van der Waals surface area contributed by atoms with Crippen molar-refractivity contribution in [1.29, 1.82) is 0 Å². The molecule has 0 saturated carbocycles. The molecule has 2 N–H and O–H groups in total. The molecule has 0 spiro atoms. The number of hydrazine groups is 1. The van der Waals surface area contributed by atoms with E-state index in [0.717, 1.165) is 10.9 Å². The zero-order valence-corrected chi connectivity index (χ0v) is 5.59. The highest BCUT2D eigenvalue weighted by atomic mass is 19.4. The maximum absolute atomic E-state index is 12.2. The maximum Gasteiger partial charge on any atom is 0.430 e. The normalized spacial score (nSPS) is 22.2. The Labute approximate surface area is 66.3 Å². The summed E-state index contributed by atoms with van der Waals surface area (Å²) >= 11 is 0. The molecule has 78 valence electrons. The standard InChI is InChI=1S/C3H2F7N3/c4-2(5,6)1(11-12-1)3(7,8)13(9)10/h11-12H. The van der Waals surface area contributed by atoms with Gasteiger partial charge < -0.3 is 0 Å². The first-order valence-corrected chi connectivity index (χ1v) is 2.76. The molecule has 1 heterocycles. The molecule has 0 amide bonds. The zero-order valence-electron chi connectivity index (χ0n) is 5.59. The molecular formula is C3H2F7N3. The molecule has 0 aromatic heterocycles. The van der Waals surface area contributed by atoms with Crippen molar-refractivity contribution in [3.05, 3.63) is 0 Å². The Morgan fingerprint density at radius 3 is 1.38 bits per heavy atom. The van der Waals surface area contributed by atoms with E-state index in [1.54, 1.807) is 0 Å². The average Bonchev–Trinajstić information content (AvgIpc) is 2.61. The Kier molecular flexibility index (Phi) is 1.98. The number of nitrogens with one attached hydrogen (secondary N) is 2. The third-order valence-corrected chi connectivity index (χ3v) is 1.46. The predicted octanol–water partition coefficient (Wildman–Crippen LogP) is 1.02. The molecule has 1 aliphatic rings. The third kappa shape index (κ3) is 1.25. The summed E-state index contributed by atoms with van der Waals surface area (Å²) in [4.78, 5) is 0. The summed E-state index contributed by atoms with van der Waals surface area (Å²) < 4.78 is 82.6. The molecule has 1 aliphatic heterocycles. The van der Waals surface area contributed by atoms with Gasteiger partial charge in [-0.2, -0.15) is 22.0 Å². The molecule has 0 bridgehead atoms. The molecule has 0 atom stereocenters. The van der Waals surface area contributed by atoms with Gasteiger partial charge in [-0.15, -0.1) is 0 Å². The van der Waals surface area contributed by atoms with Crippen LogP contribution in [0, 0.1) is 0 Å². The Bertz CT molecular complexity index is 206. The van der Waals surface area contributed by atoms with E-state index in [1.807, 2.05) is 0 Å². The van der Waals surface area contributed by atoms with Crippen LogP contribution in [0.1, 0.15) is 0 Å². The summed E-state index contributed by atoms with van der Waals surface area (Å²) in [6.45, 7) is 0. The van der Waals surface area contributed by atoms with Crippen LogP contribution in [0.2, 0.25) is 0 Å².